The zero-order valence-corrected chi connectivity index (χ0v) is 18.8. The molecular weight excluding hydrogens is 437 g/mol. The van der Waals surface area contributed by atoms with Gasteiger partial charge < -0.3 is 16.0 Å². The highest BCUT2D eigenvalue weighted by atomic mass is 35.5. The fourth-order valence-electron chi connectivity index (χ4n) is 4.22. The van der Waals surface area contributed by atoms with Gasteiger partial charge in [0.2, 0.25) is 5.91 Å². The number of benzene rings is 1. The van der Waals surface area contributed by atoms with Gasteiger partial charge in [0.15, 0.2) is 0 Å². The van der Waals surface area contributed by atoms with Gasteiger partial charge in [0.05, 0.1) is 34.1 Å². The standard InChI is InChI=1S/C22H27Cl2N5O2/c23-16-6-7-19(18(24)11-16)29-20(14-4-5-14)17(12-27-29)22(31)26-8-2-10-28-9-1-3-15(13-28)21(25)30/h6-7,11-12,14-15H,1-5,8-10,13H2,(H2,25,30)(H,26,31). The lowest BCUT2D eigenvalue weighted by molar-refractivity contribution is -0.123. The van der Waals surface area contributed by atoms with E-state index in [1.165, 1.54) is 0 Å². The molecule has 0 bridgehead atoms. The van der Waals surface area contributed by atoms with Crippen LogP contribution in [0.1, 0.15) is 54.1 Å². The van der Waals surface area contributed by atoms with E-state index in [0.717, 1.165) is 56.6 Å². The molecule has 1 aliphatic carbocycles. The number of primary amides is 1. The van der Waals surface area contributed by atoms with Crippen LogP contribution in [0.5, 0.6) is 0 Å². The van der Waals surface area contributed by atoms with Gasteiger partial charge in [0.1, 0.15) is 0 Å². The number of halogens is 2. The van der Waals surface area contributed by atoms with E-state index in [-0.39, 0.29) is 17.7 Å². The van der Waals surface area contributed by atoms with Crippen molar-refractivity contribution in [2.75, 3.05) is 26.2 Å². The summed E-state index contributed by atoms with van der Waals surface area (Å²) < 4.78 is 1.77. The van der Waals surface area contributed by atoms with Crippen LogP contribution in [-0.2, 0) is 4.79 Å². The molecule has 2 fully saturated rings. The van der Waals surface area contributed by atoms with E-state index in [1.807, 2.05) is 6.07 Å². The SMILES string of the molecule is NC(=O)C1CCCN(CCCNC(=O)c2cnn(-c3ccc(Cl)cc3Cl)c2C2CC2)C1. The molecule has 2 aromatic rings. The number of aromatic nitrogens is 2. The fourth-order valence-corrected chi connectivity index (χ4v) is 4.71. The number of likely N-dealkylation sites (tertiary alicyclic amines) is 1. The van der Waals surface area contributed by atoms with Gasteiger partial charge in [-0.2, -0.15) is 5.10 Å². The van der Waals surface area contributed by atoms with E-state index < -0.39 is 0 Å². The summed E-state index contributed by atoms with van der Waals surface area (Å²) in [6, 6.07) is 5.27. The number of hydrogen-bond donors (Lipinski definition) is 2. The molecular formula is C22H27Cl2N5O2. The molecule has 0 spiro atoms. The van der Waals surface area contributed by atoms with Gasteiger partial charge in [0.25, 0.3) is 5.91 Å². The first kappa shape index (κ1) is 22.1. The first-order valence-corrected chi connectivity index (χ1v) is 11.5. The van der Waals surface area contributed by atoms with Crippen LogP contribution in [0.2, 0.25) is 10.0 Å². The van der Waals surface area contributed by atoms with Crippen molar-refractivity contribution in [1.82, 2.24) is 20.0 Å². The van der Waals surface area contributed by atoms with Crippen LogP contribution in [0.25, 0.3) is 5.69 Å². The Morgan fingerprint density at radius 2 is 2.03 bits per heavy atom. The van der Waals surface area contributed by atoms with Gasteiger partial charge >= 0.3 is 0 Å². The Morgan fingerprint density at radius 3 is 2.74 bits per heavy atom. The first-order valence-electron chi connectivity index (χ1n) is 10.8. The van der Waals surface area contributed by atoms with Crippen molar-refractivity contribution in [2.45, 2.75) is 38.0 Å². The molecule has 1 aromatic heterocycles. The van der Waals surface area contributed by atoms with Crippen LogP contribution in [0, 0.1) is 5.92 Å². The minimum Gasteiger partial charge on any atom is -0.369 e. The van der Waals surface area contributed by atoms with E-state index in [0.29, 0.717) is 34.6 Å². The molecule has 1 aliphatic heterocycles. The van der Waals surface area contributed by atoms with Gasteiger partial charge in [-0.05, 0) is 63.4 Å². The van der Waals surface area contributed by atoms with E-state index in [2.05, 4.69) is 15.3 Å². The third-order valence-electron chi connectivity index (χ3n) is 6.00. The number of nitrogens with two attached hydrogens (primary N) is 1. The van der Waals surface area contributed by atoms with Crippen molar-refractivity contribution < 1.29 is 9.59 Å². The lowest BCUT2D eigenvalue weighted by Crippen LogP contribution is -2.42. The lowest BCUT2D eigenvalue weighted by atomic mass is 9.97. The summed E-state index contributed by atoms with van der Waals surface area (Å²) in [5.41, 5.74) is 7.67. The molecule has 3 N–H and O–H groups in total. The number of nitrogens with zero attached hydrogens (tertiary/aromatic N) is 3. The number of carbonyl (C=O) groups is 2. The van der Waals surface area contributed by atoms with E-state index in [9.17, 15) is 9.59 Å². The third kappa shape index (κ3) is 5.22. The zero-order chi connectivity index (χ0) is 22.0. The number of hydrogen-bond acceptors (Lipinski definition) is 4. The maximum absolute atomic E-state index is 12.9. The summed E-state index contributed by atoms with van der Waals surface area (Å²) in [4.78, 5) is 26.6. The Morgan fingerprint density at radius 1 is 1.23 bits per heavy atom. The molecule has 31 heavy (non-hydrogen) atoms. The van der Waals surface area contributed by atoms with Crippen molar-refractivity contribution in [3.63, 3.8) is 0 Å². The van der Waals surface area contributed by atoms with Crippen LogP contribution in [0.3, 0.4) is 0 Å². The van der Waals surface area contributed by atoms with Crippen LogP contribution in [-0.4, -0.2) is 52.7 Å². The molecule has 4 rings (SSSR count). The van der Waals surface area contributed by atoms with Gasteiger partial charge in [-0.15, -0.1) is 0 Å². The number of amides is 2. The van der Waals surface area contributed by atoms with E-state index in [1.54, 1.807) is 23.0 Å². The Labute approximate surface area is 191 Å². The molecule has 7 nitrogen and oxygen atoms in total. The van der Waals surface area contributed by atoms with Crippen LogP contribution < -0.4 is 11.1 Å². The number of rotatable bonds is 8. The molecule has 1 saturated carbocycles. The number of carbonyl (C=O) groups excluding carboxylic acids is 2. The summed E-state index contributed by atoms with van der Waals surface area (Å²) in [5.74, 6) is -0.0839. The number of nitrogens with one attached hydrogen (secondary N) is 1. The van der Waals surface area contributed by atoms with Crippen molar-refractivity contribution in [3.8, 4) is 5.69 Å². The van der Waals surface area contributed by atoms with Crippen LogP contribution in [0.4, 0.5) is 0 Å². The second-order valence-corrected chi connectivity index (χ2v) is 9.22. The Balaban J connectivity index is 1.37. The molecule has 2 aliphatic rings. The quantitative estimate of drug-likeness (QED) is 0.586. The van der Waals surface area contributed by atoms with Crippen molar-refractivity contribution in [2.24, 2.45) is 11.7 Å². The van der Waals surface area contributed by atoms with Crippen LogP contribution in [0.15, 0.2) is 24.4 Å². The zero-order valence-electron chi connectivity index (χ0n) is 17.3. The first-order chi connectivity index (χ1) is 14.9. The van der Waals surface area contributed by atoms with Crippen molar-refractivity contribution >= 4 is 35.0 Å². The molecule has 1 saturated heterocycles. The molecule has 0 radical (unpaired) electrons. The highest BCUT2D eigenvalue weighted by molar-refractivity contribution is 6.35. The predicted molar refractivity (Wildman–Crippen MR) is 121 cm³/mol. The topological polar surface area (TPSA) is 93.2 Å². The Kier molecular flexibility index (Phi) is 6.84. The van der Waals surface area contributed by atoms with Crippen molar-refractivity contribution in [3.05, 3.63) is 45.7 Å². The predicted octanol–water partition coefficient (Wildman–Crippen LogP) is 3.37. The van der Waals surface area contributed by atoms with Gasteiger partial charge in [0, 0.05) is 24.0 Å². The average molecular weight is 464 g/mol. The van der Waals surface area contributed by atoms with Crippen molar-refractivity contribution in [1.29, 1.82) is 0 Å². The summed E-state index contributed by atoms with van der Waals surface area (Å²) in [6.45, 7) is 3.08. The average Bonchev–Trinajstić information content (AvgIpc) is 3.49. The second kappa shape index (κ2) is 9.59. The second-order valence-electron chi connectivity index (χ2n) is 8.38. The van der Waals surface area contributed by atoms with E-state index in [4.69, 9.17) is 28.9 Å². The Bertz CT molecular complexity index is 973. The van der Waals surface area contributed by atoms with Gasteiger partial charge in [-0.25, -0.2) is 4.68 Å². The monoisotopic (exact) mass is 463 g/mol. The maximum Gasteiger partial charge on any atom is 0.254 e. The number of piperidine rings is 1. The highest BCUT2D eigenvalue weighted by Crippen LogP contribution is 2.43. The molecule has 2 heterocycles. The normalized spacial score (nSPS) is 19.4. The maximum atomic E-state index is 12.9. The summed E-state index contributed by atoms with van der Waals surface area (Å²) >= 11 is 12.4. The van der Waals surface area contributed by atoms with E-state index >= 15 is 0 Å². The van der Waals surface area contributed by atoms with Gasteiger partial charge in [-0.1, -0.05) is 23.2 Å². The summed E-state index contributed by atoms with van der Waals surface area (Å²) in [6.07, 6.45) is 6.36. The summed E-state index contributed by atoms with van der Waals surface area (Å²) in [7, 11) is 0. The molecule has 1 atom stereocenters. The Hall–Kier alpha value is -2.09. The minimum absolute atomic E-state index is 0.0602. The van der Waals surface area contributed by atoms with Crippen LogP contribution >= 0.6 is 23.2 Å². The molecule has 2 amide bonds. The summed E-state index contributed by atoms with van der Waals surface area (Å²) in [5, 5.41) is 8.54. The smallest absolute Gasteiger partial charge is 0.254 e. The molecule has 1 aromatic carbocycles. The molecule has 9 heteroatoms. The minimum atomic E-state index is -0.219. The van der Waals surface area contributed by atoms with Gasteiger partial charge in [-0.3, -0.25) is 9.59 Å². The molecule has 1 unspecified atom stereocenters. The largest absolute Gasteiger partial charge is 0.369 e. The third-order valence-corrected chi connectivity index (χ3v) is 6.54. The molecule has 166 valence electrons. The highest BCUT2D eigenvalue weighted by Gasteiger charge is 2.33. The fraction of sp³-hybridized carbons (Fsp3) is 0.500. The lowest BCUT2D eigenvalue weighted by Gasteiger charge is -2.31.